The van der Waals surface area contributed by atoms with E-state index >= 15 is 0 Å². The first-order chi connectivity index (χ1) is 7.18. The highest BCUT2D eigenvalue weighted by Gasteiger charge is 2.07. The molecule has 0 bridgehead atoms. The van der Waals surface area contributed by atoms with Gasteiger partial charge in [-0.2, -0.15) is 0 Å². The normalized spacial score (nSPS) is 10.3. The van der Waals surface area contributed by atoms with Gasteiger partial charge >= 0.3 is 0 Å². The predicted octanol–water partition coefficient (Wildman–Crippen LogP) is 3.85. The smallest absolute Gasteiger partial charge is 0.149 e. The molecule has 2 rings (SSSR count). The van der Waals surface area contributed by atoms with Gasteiger partial charge in [0.25, 0.3) is 0 Å². The fourth-order valence-electron chi connectivity index (χ4n) is 1.35. The summed E-state index contributed by atoms with van der Waals surface area (Å²) < 4.78 is 13.6. The number of pyridine rings is 1. The van der Waals surface area contributed by atoms with Gasteiger partial charge in [-0.3, -0.25) is 4.98 Å². The SMILES string of the molecule is Cc1ccc(-c2cccc(Cl)c2F)cn1. The molecule has 0 spiro atoms. The quantitative estimate of drug-likeness (QED) is 0.713. The molecule has 0 aliphatic rings. The van der Waals surface area contributed by atoms with Crippen molar-refractivity contribution in [3.63, 3.8) is 0 Å². The van der Waals surface area contributed by atoms with Crippen molar-refractivity contribution >= 4 is 11.6 Å². The topological polar surface area (TPSA) is 12.9 Å². The zero-order valence-corrected chi connectivity index (χ0v) is 8.92. The predicted molar refractivity (Wildman–Crippen MR) is 59.4 cm³/mol. The van der Waals surface area contributed by atoms with Crippen LogP contribution in [0.1, 0.15) is 5.69 Å². The molecule has 0 aliphatic carbocycles. The maximum atomic E-state index is 13.6. The Morgan fingerprint density at radius 3 is 2.67 bits per heavy atom. The van der Waals surface area contributed by atoms with Crippen LogP contribution in [-0.4, -0.2) is 4.98 Å². The van der Waals surface area contributed by atoms with Gasteiger partial charge in [-0.1, -0.05) is 29.8 Å². The van der Waals surface area contributed by atoms with Gasteiger partial charge in [0.2, 0.25) is 0 Å². The molecular formula is C12H9ClFN. The van der Waals surface area contributed by atoms with Gasteiger partial charge in [-0.05, 0) is 19.1 Å². The van der Waals surface area contributed by atoms with E-state index in [-0.39, 0.29) is 5.02 Å². The highest BCUT2D eigenvalue weighted by atomic mass is 35.5. The molecule has 0 amide bonds. The highest BCUT2D eigenvalue weighted by Crippen LogP contribution is 2.26. The number of aromatic nitrogens is 1. The molecular weight excluding hydrogens is 213 g/mol. The van der Waals surface area contributed by atoms with Gasteiger partial charge in [0.15, 0.2) is 0 Å². The summed E-state index contributed by atoms with van der Waals surface area (Å²) in [5.74, 6) is -0.398. The largest absolute Gasteiger partial charge is 0.261 e. The Bertz CT molecular complexity index is 479. The van der Waals surface area contributed by atoms with E-state index in [0.717, 1.165) is 11.3 Å². The Balaban J connectivity index is 2.54. The van der Waals surface area contributed by atoms with Gasteiger partial charge in [0.05, 0.1) is 5.02 Å². The van der Waals surface area contributed by atoms with Crippen LogP contribution in [0, 0.1) is 12.7 Å². The Hall–Kier alpha value is -1.41. The lowest BCUT2D eigenvalue weighted by atomic mass is 10.1. The van der Waals surface area contributed by atoms with E-state index in [4.69, 9.17) is 11.6 Å². The molecule has 3 heteroatoms. The molecule has 0 saturated heterocycles. The second-order valence-corrected chi connectivity index (χ2v) is 3.70. The van der Waals surface area contributed by atoms with Crippen LogP contribution < -0.4 is 0 Å². The number of benzene rings is 1. The van der Waals surface area contributed by atoms with Gasteiger partial charge in [-0.15, -0.1) is 0 Å². The van der Waals surface area contributed by atoms with Crippen LogP contribution in [0.4, 0.5) is 4.39 Å². The summed E-state index contributed by atoms with van der Waals surface area (Å²) in [6.45, 7) is 1.89. The van der Waals surface area contributed by atoms with E-state index in [9.17, 15) is 4.39 Å². The van der Waals surface area contributed by atoms with Gasteiger partial charge < -0.3 is 0 Å². The zero-order chi connectivity index (χ0) is 10.8. The number of nitrogens with zero attached hydrogens (tertiary/aromatic N) is 1. The highest BCUT2D eigenvalue weighted by molar-refractivity contribution is 6.31. The monoisotopic (exact) mass is 221 g/mol. The molecule has 0 aliphatic heterocycles. The Morgan fingerprint density at radius 1 is 1.20 bits per heavy atom. The van der Waals surface area contributed by atoms with Crippen LogP contribution in [0.2, 0.25) is 5.02 Å². The summed E-state index contributed by atoms with van der Waals surface area (Å²) in [4.78, 5) is 4.12. The first kappa shape index (κ1) is 10.1. The number of hydrogen-bond acceptors (Lipinski definition) is 1. The summed E-state index contributed by atoms with van der Waals surface area (Å²) in [5.41, 5.74) is 2.12. The van der Waals surface area contributed by atoms with Crippen LogP contribution >= 0.6 is 11.6 Å². The molecule has 0 N–H and O–H groups in total. The molecule has 0 atom stereocenters. The number of halogens is 2. The van der Waals surface area contributed by atoms with Crippen molar-refractivity contribution in [2.75, 3.05) is 0 Å². The standard InChI is InChI=1S/C12H9ClFN/c1-8-5-6-9(7-15-8)10-3-2-4-11(13)12(10)14/h2-7H,1H3. The van der Waals surface area contributed by atoms with Crippen LogP contribution in [0.5, 0.6) is 0 Å². The third kappa shape index (κ3) is 2.00. The number of aryl methyl sites for hydroxylation is 1. The molecule has 1 aromatic carbocycles. The molecule has 0 unspecified atom stereocenters. The Morgan fingerprint density at radius 2 is 2.00 bits per heavy atom. The molecule has 15 heavy (non-hydrogen) atoms. The minimum Gasteiger partial charge on any atom is -0.261 e. The summed E-state index contributed by atoms with van der Waals surface area (Å²) >= 11 is 5.70. The second-order valence-electron chi connectivity index (χ2n) is 3.29. The van der Waals surface area contributed by atoms with Crippen molar-refractivity contribution in [2.45, 2.75) is 6.92 Å². The third-order valence-corrected chi connectivity index (χ3v) is 2.47. The maximum absolute atomic E-state index is 13.6. The van der Waals surface area contributed by atoms with Gasteiger partial charge in [-0.25, -0.2) is 4.39 Å². The Kier molecular flexibility index (Phi) is 2.69. The lowest BCUT2D eigenvalue weighted by Crippen LogP contribution is -1.87. The van der Waals surface area contributed by atoms with E-state index < -0.39 is 5.82 Å². The minimum atomic E-state index is -0.398. The van der Waals surface area contributed by atoms with Crippen molar-refractivity contribution in [1.82, 2.24) is 4.98 Å². The van der Waals surface area contributed by atoms with Crippen LogP contribution in [0.15, 0.2) is 36.5 Å². The number of rotatable bonds is 1. The summed E-state index contributed by atoms with van der Waals surface area (Å²) in [6.07, 6.45) is 1.64. The number of hydrogen-bond donors (Lipinski definition) is 0. The third-order valence-electron chi connectivity index (χ3n) is 2.17. The van der Waals surface area contributed by atoms with Crippen LogP contribution in [0.25, 0.3) is 11.1 Å². The van der Waals surface area contributed by atoms with Crippen molar-refractivity contribution in [2.24, 2.45) is 0 Å². The van der Waals surface area contributed by atoms with Crippen molar-refractivity contribution < 1.29 is 4.39 Å². The lowest BCUT2D eigenvalue weighted by Gasteiger charge is -2.04. The molecule has 1 nitrogen and oxygen atoms in total. The van der Waals surface area contributed by atoms with E-state index in [0.29, 0.717) is 5.56 Å². The van der Waals surface area contributed by atoms with Crippen LogP contribution in [0.3, 0.4) is 0 Å². The van der Waals surface area contributed by atoms with E-state index in [1.807, 2.05) is 19.1 Å². The summed E-state index contributed by atoms with van der Waals surface area (Å²) in [7, 11) is 0. The first-order valence-electron chi connectivity index (χ1n) is 4.55. The second kappa shape index (κ2) is 3.99. The minimum absolute atomic E-state index is 0.132. The Labute approximate surface area is 92.5 Å². The van der Waals surface area contributed by atoms with E-state index in [1.165, 1.54) is 6.07 Å². The van der Waals surface area contributed by atoms with E-state index in [2.05, 4.69) is 4.98 Å². The van der Waals surface area contributed by atoms with E-state index in [1.54, 1.807) is 18.3 Å². The van der Waals surface area contributed by atoms with Crippen molar-refractivity contribution in [3.05, 3.63) is 53.1 Å². The molecule has 0 fully saturated rings. The molecule has 76 valence electrons. The van der Waals surface area contributed by atoms with Crippen molar-refractivity contribution in [1.29, 1.82) is 0 Å². The van der Waals surface area contributed by atoms with Crippen LogP contribution in [-0.2, 0) is 0 Å². The molecule has 0 radical (unpaired) electrons. The zero-order valence-electron chi connectivity index (χ0n) is 8.17. The fraction of sp³-hybridized carbons (Fsp3) is 0.0833. The molecule has 1 aromatic heterocycles. The molecule has 1 heterocycles. The lowest BCUT2D eigenvalue weighted by molar-refractivity contribution is 0.631. The van der Waals surface area contributed by atoms with Crippen molar-refractivity contribution in [3.8, 4) is 11.1 Å². The average Bonchev–Trinajstić information content (AvgIpc) is 2.24. The summed E-state index contributed by atoms with van der Waals surface area (Å²) in [6, 6.07) is 8.61. The fourth-order valence-corrected chi connectivity index (χ4v) is 1.53. The van der Waals surface area contributed by atoms with Gasteiger partial charge in [0.1, 0.15) is 5.82 Å². The maximum Gasteiger partial charge on any atom is 0.149 e. The molecule has 0 saturated carbocycles. The summed E-state index contributed by atoms with van der Waals surface area (Å²) in [5, 5.41) is 0.132. The average molecular weight is 222 g/mol. The van der Waals surface area contributed by atoms with Gasteiger partial charge in [0, 0.05) is 23.0 Å². The first-order valence-corrected chi connectivity index (χ1v) is 4.93. The molecule has 2 aromatic rings.